The number of nitrogens with zero attached hydrogens (tertiary/aromatic N) is 5. The molecule has 4 heterocycles. The van der Waals surface area contributed by atoms with Gasteiger partial charge in [0.2, 0.25) is 5.95 Å². The van der Waals surface area contributed by atoms with Crippen molar-refractivity contribution in [2.45, 2.75) is 6.92 Å². The zero-order chi connectivity index (χ0) is 17.2. The van der Waals surface area contributed by atoms with Crippen molar-refractivity contribution >= 4 is 23.2 Å². The van der Waals surface area contributed by atoms with Crippen molar-refractivity contribution in [3.63, 3.8) is 0 Å². The standard InChI is InChI=1S/C17H17N5O2S/c1-12-14(20-15(25-12)13-4-2-11-24-13)16(23)21-7-9-22(10-8-21)17-18-5-3-6-19-17/h2-6,11H,7-10H2,1H3. The quantitative estimate of drug-likeness (QED) is 0.718. The van der Waals surface area contributed by atoms with Gasteiger partial charge in [-0.3, -0.25) is 4.79 Å². The lowest BCUT2D eigenvalue weighted by molar-refractivity contribution is 0.0740. The van der Waals surface area contributed by atoms with Crippen molar-refractivity contribution in [1.82, 2.24) is 19.9 Å². The number of hydrogen-bond donors (Lipinski definition) is 0. The van der Waals surface area contributed by atoms with Crippen LogP contribution in [0.15, 0.2) is 41.3 Å². The van der Waals surface area contributed by atoms with E-state index in [1.165, 1.54) is 11.3 Å². The highest BCUT2D eigenvalue weighted by Gasteiger charge is 2.26. The molecule has 1 fully saturated rings. The number of amides is 1. The van der Waals surface area contributed by atoms with E-state index in [0.717, 1.165) is 9.88 Å². The Morgan fingerprint density at radius 3 is 2.60 bits per heavy atom. The zero-order valence-electron chi connectivity index (χ0n) is 13.8. The maximum atomic E-state index is 12.8. The van der Waals surface area contributed by atoms with Gasteiger partial charge in [0.15, 0.2) is 10.8 Å². The van der Waals surface area contributed by atoms with Gasteiger partial charge in [-0.1, -0.05) is 0 Å². The maximum absolute atomic E-state index is 12.8. The number of aromatic nitrogens is 3. The van der Waals surface area contributed by atoms with Crippen molar-refractivity contribution in [3.05, 3.63) is 47.4 Å². The second-order valence-electron chi connectivity index (χ2n) is 5.73. The maximum Gasteiger partial charge on any atom is 0.273 e. The third kappa shape index (κ3) is 3.12. The Kier molecular flexibility index (Phi) is 4.19. The van der Waals surface area contributed by atoms with E-state index >= 15 is 0 Å². The fourth-order valence-electron chi connectivity index (χ4n) is 2.81. The molecule has 0 aromatic carbocycles. The number of anilines is 1. The molecule has 1 aliphatic rings. The first kappa shape index (κ1) is 15.8. The lowest BCUT2D eigenvalue weighted by Crippen LogP contribution is -2.49. The topological polar surface area (TPSA) is 75.4 Å². The van der Waals surface area contributed by atoms with Gasteiger partial charge in [0.1, 0.15) is 5.69 Å². The lowest BCUT2D eigenvalue weighted by atomic mass is 10.2. The molecular weight excluding hydrogens is 338 g/mol. The SMILES string of the molecule is Cc1sc(-c2ccco2)nc1C(=O)N1CCN(c2ncccn2)CC1. The fraction of sp³-hybridized carbons (Fsp3) is 0.294. The summed E-state index contributed by atoms with van der Waals surface area (Å²) < 4.78 is 5.38. The molecule has 1 amide bonds. The lowest BCUT2D eigenvalue weighted by Gasteiger charge is -2.34. The van der Waals surface area contributed by atoms with Gasteiger partial charge in [-0.15, -0.1) is 11.3 Å². The molecule has 0 saturated carbocycles. The third-order valence-electron chi connectivity index (χ3n) is 4.13. The van der Waals surface area contributed by atoms with E-state index in [9.17, 15) is 4.79 Å². The van der Waals surface area contributed by atoms with Gasteiger partial charge in [0.25, 0.3) is 5.91 Å². The predicted octanol–water partition coefficient (Wildman–Crippen LogP) is 2.46. The van der Waals surface area contributed by atoms with E-state index in [1.54, 1.807) is 24.7 Å². The van der Waals surface area contributed by atoms with Crippen LogP contribution in [0.3, 0.4) is 0 Å². The van der Waals surface area contributed by atoms with Gasteiger partial charge in [0, 0.05) is 43.4 Å². The van der Waals surface area contributed by atoms with Crippen LogP contribution in [0.1, 0.15) is 15.4 Å². The Bertz CT molecular complexity index is 855. The van der Waals surface area contributed by atoms with Crippen LogP contribution in [0.2, 0.25) is 0 Å². The smallest absolute Gasteiger partial charge is 0.273 e. The predicted molar refractivity (Wildman–Crippen MR) is 94.7 cm³/mol. The molecule has 25 heavy (non-hydrogen) atoms. The number of aryl methyl sites for hydroxylation is 1. The minimum Gasteiger partial charge on any atom is -0.462 e. The summed E-state index contributed by atoms with van der Waals surface area (Å²) in [6, 6.07) is 5.47. The Hall–Kier alpha value is -2.74. The Labute approximate surface area is 149 Å². The number of piperazine rings is 1. The molecule has 128 valence electrons. The van der Waals surface area contributed by atoms with Crippen LogP contribution in [0, 0.1) is 6.92 Å². The molecule has 0 radical (unpaired) electrons. The third-order valence-corrected chi connectivity index (χ3v) is 5.12. The summed E-state index contributed by atoms with van der Waals surface area (Å²) in [5.74, 6) is 1.37. The van der Waals surface area contributed by atoms with Gasteiger partial charge < -0.3 is 14.2 Å². The monoisotopic (exact) mass is 355 g/mol. The average molecular weight is 355 g/mol. The van der Waals surface area contributed by atoms with Crippen molar-refractivity contribution in [1.29, 1.82) is 0 Å². The molecule has 8 heteroatoms. The second-order valence-corrected chi connectivity index (χ2v) is 6.93. The second kappa shape index (κ2) is 6.64. The van der Waals surface area contributed by atoms with Crippen molar-refractivity contribution in [3.8, 4) is 10.8 Å². The van der Waals surface area contributed by atoms with Gasteiger partial charge >= 0.3 is 0 Å². The first-order valence-corrected chi connectivity index (χ1v) is 8.86. The average Bonchev–Trinajstić information content (AvgIpc) is 3.32. The number of rotatable bonds is 3. The molecular formula is C17H17N5O2S. The van der Waals surface area contributed by atoms with Crippen molar-refractivity contribution in [2.75, 3.05) is 31.1 Å². The molecule has 0 unspecified atom stereocenters. The molecule has 0 bridgehead atoms. The van der Waals surface area contributed by atoms with Crippen molar-refractivity contribution < 1.29 is 9.21 Å². The highest BCUT2D eigenvalue weighted by atomic mass is 32.1. The summed E-state index contributed by atoms with van der Waals surface area (Å²) in [5, 5.41) is 0.738. The molecule has 0 spiro atoms. The van der Waals surface area contributed by atoms with Gasteiger partial charge in [-0.05, 0) is 25.1 Å². The summed E-state index contributed by atoms with van der Waals surface area (Å²) in [5.41, 5.74) is 0.515. The molecule has 3 aromatic rings. The first-order valence-electron chi connectivity index (χ1n) is 8.05. The minimum absolute atomic E-state index is 0.0276. The van der Waals surface area contributed by atoms with Crippen LogP contribution >= 0.6 is 11.3 Å². The van der Waals surface area contributed by atoms with E-state index in [-0.39, 0.29) is 5.91 Å². The molecule has 0 atom stereocenters. The number of carbonyl (C=O) groups is 1. The van der Waals surface area contributed by atoms with E-state index < -0.39 is 0 Å². The van der Waals surface area contributed by atoms with Crippen LogP contribution in [0.25, 0.3) is 10.8 Å². The van der Waals surface area contributed by atoms with Crippen LogP contribution in [0.4, 0.5) is 5.95 Å². The Morgan fingerprint density at radius 2 is 1.92 bits per heavy atom. The fourth-order valence-corrected chi connectivity index (χ4v) is 3.69. The van der Waals surface area contributed by atoms with E-state index in [1.807, 2.05) is 24.0 Å². The highest BCUT2D eigenvalue weighted by molar-refractivity contribution is 7.15. The number of carbonyl (C=O) groups excluding carboxylic acids is 1. The molecule has 1 saturated heterocycles. The Morgan fingerprint density at radius 1 is 1.16 bits per heavy atom. The van der Waals surface area contributed by atoms with Gasteiger partial charge in [-0.2, -0.15) is 0 Å². The zero-order valence-corrected chi connectivity index (χ0v) is 14.6. The Balaban J connectivity index is 1.46. The van der Waals surface area contributed by atoms with Gasteiger partial charge in [0.05, 0.1) is 6.26 Å². The number of furan rings is 1. The van der Waals surface area contributed by atoms with Crippen LogP contribution in [0.5, 0.6) is 0 Å². The van der Waals surface area contributed by atoms with E-state index in [2.05, 4.69) is 19.9 Å². The number of thiazole rings is 1. The summed E-state index contributed by atoms with van der Waals surface area (Å²) in [6.45, 7) is 4.60. The van der Waals surface area contributed by atoms with Crippen LogP contribution < -0.4 is 4.90 Å². The normalized spacial score (nSPS) is 14.8. The summed E-state index contributed by atoms with van der Waals surface area (Å²) in [7, 11) is 0. The minimum atomic E-state index is -0.0276. The van der Waals surface area contributed by atoms with E-state index in [0.29, 0.717) is 43.6 Å². The summed E-state index contributed by atoms with van der Waals surface area (Å²) in [4.78, 5) is 30.7. The molecule has 7 nitrogen and oxygen atoms in total. The molecule has 4 rings (SSSR count). The molecule has 1 aliphatic heterocycles. The first-order chi connectivity index (χ1) is 12.2. The molecule has 0 aliphatic carbocycles. The number of hydrogen-bond acceptors (Lipinski definition) is 7. The summed E-state index contributed by atoms with van der Waals surface area (Å²) in [6.07, 6.45) is 5.07. The molecule has 0 N–H and O–H groups in total. The van der Waals surface area contributed by atoms with Crippen molar-refractivity contribution in [2.24, 2.45) is 0 Å². The molecule has 3 aromatic heterocycles. The largest absolute Gasteiger partial charge is 0.462 e. The van der Waals surface area contributed by atoms with Crippen LogP contribution in [-0.4, -0.2) is 51.9 Å². The highest BCUT2D eigenvalue weighted by Crippen LogP contribution is 2.28. The van der Waals surface area contributed by atoms with Crippen LogP contribution in [-0.2, 0) is 0 Å². The van der Waals surface area contributed by atoms with E-state index in [4.69, 9.17) is 4.42 Å². The summed E-state index contributed by atoms with van der Waals surface area (Å²) >= 11 is 1.48. The van der Waals surface area contributed by atoms with Gasteiger partial charge in [-0.25, -0.2) is 15.0 Å².